The van der Waals surface area contributed by atoms with Crippen LogP contribution < -0.4 is 11.1 Å². The highest BCUT2D eigenvalue weighted by Crippen LogP contribution is 2.18. The molecule has 0 aliphatic carbocycles. The molecule has 2 fully saturated rings. The van der Waals surface area contributed by atoms with Gasteiger partial charge in [0, 0.05) is 26.2 Å². The fraction of sp³-hybridized carbons (Fsp3) is 0.765. The van der Waals surface area contributed by atoms with Crippen molar-refractivity contribution >= 4 is 24.3 Å². The molecule has 10 nitrogen and oxygen atoms in total. The lowest BCUT2D eigenvalue weighted by atomic mass is 10.1. The number of likely N-dealkylation sites (N-methyl/N-ethyl adjacent to an activating group) is 1. The molecule has 2 saturated heterocycles. The highest BCUT2D eigenvalue weighted by molar-refractivity contribution is 5.84. The van der Waals surface area contributed by atoms with Crippen LogP contribution in [0.4, 0.5) is 4.79 Å². The van der Waals surface area contributed by atoms with Crippen molar-refractivity contribution in [3.8, 4) is 0 Å². The number of nitrogens with zero attached hydrogens (tertiary/aromatic N) is 3. The number of hydrogen-bond acceptors (Lipinski definition) is 5. The third kappa shape index (κ3) is 7.81. The Hall–Kier alpha value is -2.36. The molecule has 27 heavy (non-hydrogen) atoms. The van der Waals surface area contributed by atoms with Gasteiger partial charge < -0.3 is 26.0 Å². The van der Waals surface area contributed by atoms with Gasteiger partial charge in [0.05, 0.1) is 12.6 Å². The van der Waals surface area contributed by atoms with Gasteiger partial charge in [-0.3, -0.25) is 19.3 Å². The molecule has 4 amide bonds. The van der Waals surface area contributed by atoms with Crippen LogP contribution in [0.25, 0.3) is 0 Å². The van der Waals surface area contributed by atoms with E-state index in [-0.39, 0.29) is 30.9 Å². The van der Waals surface area contributed by atoms with Crippen molar-refractivity contribution < 1.29 is 24.3 Å². The van der Waals surface area contributed by atoms with E-state index in [1.54, 1.807) is 4.90 Å². The molecule has 0 spiro atoms. The van der Waals surface area contributed by atoms with Gasteiger partial charge >= 0.3 is 6.03 Å². The monoisotopic (exact) mass is 385 g/mol. The minimum Gasteiger partial charge on any atom is -0.483 e. The molecular formula is C17H31N5O5. The molecule has 0 saturated carbocycles. The van der Waals surface area contributed by atoms with Crippen LogP contribution in [0.15, 0.2) is 0 Å². The molecule has 10 heteroatoms. The summed E-state index contributed by atoms with van der Waals surface area (Å²) >= 11 is 0. The van der Waals surface area contributed by atoms with E-state index < -0.39 is 6.03 Å². The Balaban J connectivity index is 0.00000114. The Bertz CT molecular complexity index is 516. The topological polar surface area (TPSA) is 136 Å². The highest BCUT2D eigenvalue weighted by atomic mass is 16.3. The normalized spacial score (nSPS) is 21.1. The number of hydrogen-bond donors (Lipinski definition) is 3. The van der Waals surface area contributed by atoms with Gasteiger partial charge in [0.1, 0.15) is 0 Å². The summed E-state index contributed by atoms with van der Waals surface area (Å²) in [5, 5.41) is 9.21. The van der Waals surface area contributed by atoms with E-state index in [0.717, 1.165) is 32.2 Å². The summed E-state index contributed by atoms with van der Waals surface area (Å²) in [6.45, 7) is 2.95. The number of nitrogens with one attached hydrogen (secondary N) is 1. The number of carboxylic acid groups (broad SMARTS) is 1. The number of primary amides is 1. The Labute approximate surface area is 159 Å². The molecule has 0 aromatic carbocycles. The summed E-state index contributed by atoms with van der Waals surface area (Å²) < 4.78 is 0. The van der Waals surface area contributed by atoms with E-state index in [4.69, 9.17) is 15.6 Å². The lowest BCUT2D eigenvalue weighted by molar-refractivity contribution is -0.137. The van der Waals surface area contributed by atoms with Crippen molar-refractivity contribution in [3.63, 3.8) is 0 Å². The van der Waals surface area contributed by atoms with Gasteiger partial charge in [-0.05, 0) is 32.9 Å². The van der Waals surface area contributed by atoms with E-state index in [1.807, 2.05) is 11.9 Å². The van der Waals surface area contributed by atoms with Crippen LogP contribution >= 0.6 is 0 Å². The Morgan fingerprint density at radius 3 is 2.33 bits per heavy atom. The molecule has 0 bridgehead atoms. The fourth-order valence-electron chi connectivity index (χ4n) is 3.44. The zero-order valence-electron chi connectivity index (χ0n) is 15.9. The van der Waals surface area contributed by atoms with E-state index in [1.165, 1.54) is 6.42 Å². The SMILES string of the molecule is CN1CCCCCC1C(=O)N1CCCN(C(=O)CNC(N)=O)CC1.O=CO. The number of urea groups is 1. The number of nitrogens with two attached hydrogens (primary N) is 1. The molecule has 154 valence electrons. The van der Waals surface area contributed by atoms with E-state index in [0.29, 0.717) is 26.2 Å². The predicted octanol–water partition coefficient (Wildman–Crippen LogP) is -0.709. The van der Waals surface area contributed by atoms with Crippen molar-refractivity contribution in [2.45, 2.75) is 38.1 Å². The lowest BCUT2D eigenvalue weighted by Crippen LogP contribution is -2.48. The van der Waals surface area contributed by atoms with Gasteiger partial charge in [-0.15, -0.1) is 0 Å². The molecule has 0 aromatic rings. The second-order valence-corrected chi connectivity index (χ2v) is 6.73. The third-order valence-corrected chi connectivity index (χ3v) is 4.88. The molecule has 2 aliphatic rings. The average molecular weight is 385 g/mol. The summed E-state index contributed by atoms with van der Waals surface area (Å²) in [7, 11) is 2.02. The minimum absolute atomic E-state index is 0.0359. The van der Waals surface area contributed by atoms with Crippen LogP contribution in [0.5, 0.6) is 0 Å². The second-order valence-electron chi connectivity index (χ2n) is 6.73. The number of likely N-dealkylation sites (tertiary alicyclic amines) is 1. The summed E-state index contributed by atoms with van der Waals surface area (Å²) in [5.74, 6) is 0.0265. The zero-order valence-corrected chi connectivity index (χ0v) is 15.9. The number of rotatable bonds is 3. The summed E-state index contributed by atoms with van der Waals surface area (Å²) in [4.78, 5) is 49.8. The maximum Gasteiger partial charge on any atom is 0.312 e. The predicted molar refractivity (Wildman–Crippen MR) is 98.9 cm³/mol. The molecule has 0 aromatic heterocycles. The second kappa shape index (κ2) is 12.1. The maximum atomic E-state index is 12.9. The van der Waals surface area contributed by atoms with Crippen molar-refractivity contribution in [1.29, 1.82) is 0 Å². The van der Waals surface area contributed by atoms with Crippen LogP contribution in [0.3, 0.4) is 0 Å². The van der Waals surface area contributed by atoms with Gasteiger partial charge in [-0.1, -0.05) is 12.8 Å². The quantitative estimate of drug-likeness (QED) is 0.549. The van der Waals surface area contributed by atoms with Crippen LogP contribution in [-0.4, -0.2) is 96.5 Å². The summed E-state index contributed by atoms with van der Waals surface area (Å²) in [6, 6.07) is -0.738. The Kier molecular flexibility index (Phi) is 10.2. The standard InChI is InChI=1S/C16H29N5O3.CH2O2/c1-19-7-4-2-3-6-13(19)15(23)21-9-5-8-20(10-11-21)14(22)12-18-16(17)24;2-1-3/h13H,2-12H2,1H3,(H3,17,18,24);1H,(H,2,3). The Morgan fingerprint density at radius 2 is 1.67 bits per heavy atom. The smallest absolute Gasteiger partial charge is 0.312 e. The van der Waals surface area contributed by atoms with Crippen LogP contribution in [-0.2, 0) is 14.4 Å². The molecule has 0 radical (unpaired) electrons. The van der Waals surface area contributed by atoms with E-state index in [9.17, 15) is 14.4 Å². The largest absolute Gasteiger partial charge is 0.483 e. The van der Waals surface area contributed by atoms with Gasteiger partial charge in [0.25, 0.3) is 6.47 Å². The van der Waals surface area contributed by atoms with Gasteiger partial charge in [0.15, 0.2) is 0 Å². The van der Waals surface area contributed by atoms with Crippen molar-refractivity contribution in [2.75, 3.05) is 46.3 Å². The zero-order chi connectivity index (χ0) is 20.2. The molecule has 1 unspecified atom stereocenters. The molecule has 2 aliphatic heterocycles. The van der Waals surface area contributed by atoms with Crippen LogP contribution in [0.2, 0.25) is 0 Å². The highest BCUT2D eigenvalue weighted by Gasteiger charge is 2.30. The number of carbonyl (C=O) groups excluding carboxylic acids is 3. The third-order valence-electron chi connectivity index (χ3n) is 4.88. The molecule has 4 N–H and O–H groups in total. The summed E-state index contributed by atoms with van der Waals surface area (Å²) in [6.07, 6.45) is 5.10. The minimum atomic E-state index is -0.702. The molecule has 2 rings (SSSR count). The number of carbonyl (C=O) groups is 4. The molecule has 2 heterocycles. The number of amides is 4. The lowest BCUT2D eigenvalue weighted by Gasteiger charge is -2.30. The molecule has 1 atom stereocenters. The first kappa shape index (κ1) is 22.7. The fourth-order valence-corrected chi connectivity index (χ4v) is 3.44. The van der Waals surface area contributed by atoms with Crippen molar-refractivity contribution in [2.24, 2.45) is 5.73 Å². The Morgan fingerprint density at radius 1 is 1.04 bits per heavy atom. The summed E-state index contributed by atoms with van der Waals surface area (Å²) in [5.41, 5.74) is 4.99. The first-order chi connectivity index (χ1) is 12.9. The molecular weight excluding hydrogens is 354 g/mol. The van der Waals surface area contributed by atoms with Gasteiger partial charge in [0.2, 0.25) is 11.8 Å². The van der Waals surface area contributed by atoms with Crippen LogP contribution in [0.1, 0.15) is 32.1 Å². The van der Waals surface area contributed by atoms with E-state index in [2.05, 4.69) is 10.2 Å². The first-order valence-corrected chi connectivity index (χ1v) is 9.28. The van der Waals surface area contributed by atoms with Crippen molar-refractivity contribution in [1.82, 2.24) is 20.0 Å². The van der Waals surface area contributed by atoms with Crippen LogP contribution in [0, 0.1) is 0 Å². The van der Waals surface area contributed by atoms with E-state index >= 15 is 0 Å². The van der Waals surface area contributed by atoms with Gasteiger partial charge in [-0.25, -0.2) is 4.79 Å². The first-order valence-electron chi connectivity index (χ1n) is 9.28. The maximum absolute atomic E-state index is 12.9. The average Bonchev–Trinajstić information content (AvgIpc) is 3.00. The van der Waals surface area contributed by atoms with Crippen molar-refractivity contribution in [3.05, 3.63) is 0 Å². The van der Waals surface area contributed by atoms with Gasteiger partial charge in [-0.2, -0.15) is 0 Å².